The number of benzene rings is 1. The second-order valence-electron chi connectivity index (χ2n) is 8.74. The van der Waals surface area contributed by atoms with Gasteiger partial charge in [0.25, 0.3) is 0 Å². The minimum atomic E-state index is 0.544. The zero-order valence-corrected chi connectivity index (χ0v) is 16.5. The van der Waals surface area contributed by atoms with Crippen LogP contribution in [0.4, 0.5) is 0 Å². The number of methoxy groups -OCH3 is 1. The summed E-state index contributed by atoms with van der Waals surface area (Å²) >= 11 is 0. The lowest BCUT2D eigenvalue weighted by Crippen LogP contribution is -2.44. The normalized spacial score (nSPS) is 28.2. The first kappa shape index (κ1) is 18.3. The minimum absolute atomic E-state index is 0.544. The molecule has 0 aromatic heterocycles. The SMILES string of the molecule is COc1cccc(CN2CCC[C@@]3(CCN(CCN4CCCC4)C3)C2)c1. The fraction of sp³-hybridized carbons (Fsp3) is 0.727. The van der Waals surface area contributed by atoms with Crippen molar-refractivity contribution in [1.82, 2.24) is 14.7 Å². The summed E-state index contributed by atoms with van der Waals surface area (Å²) in [7, 11) is 1.75. The Bertz CT molecular complexity index is 587. The van der Waals surface area contributed by atoms with E-state index in [1.165, 1.54) is 90.0 Å². The van der Waals surface area contributed by atoms with Gasteiger partial charge in [-0.1, -0.05) is 12.1 Å². The molecule has 0 bridgehead atoms. The third kappa shape index (κ3) is 4.41. The molecule has 0 radical (unpaired) electrons. The summed E-state index contributed by atoms with van der Waals surface area (Å²) in [6, 6.07) is 8.58. The molecule has 4 heteroatoms. The summed E-state index contributed by atoms with van der Waals surface area (Å²) in [5.74, 6) is 0.975. The van der Waals surface area contributed by atoms with E-state index in [1.54, 1.807) is 7.11 Å². The number of rotatable bonds is 6. The first-order chi connectivity index (χ1) is 12.7. The van der Waals surface area contributed by atoms with E-state index < -0.39 is 0 Å². The van der Waals surface area contributed by atoms with Gasteiger partial charge in [0, 0.05) is 32.7 Å². The zero-order chi connectivity index (χ0) is 17.8. The Balaban J connectivity index is 1.30. The molecule has 1 atom stereocenters. The maximum atomic E-state index is 5.39. The molecular formula is C22H35N3O. The monoisotopic (exact) mass is 357 g/mol. The number of ether oxygens (including phenoxy) is 1. The number of likely N-dealkylation sites (tertiary alicyclic amines) is 3. The van der Waals surface area contributed by atoms with Gasteiger partial charge in [-0.3, -0.25) is 4.90 Å². The van der Waals surface area contributed by atoms with Crippen LogP contribution in [0.25, 0.3) is 0 Å². The van der Waals surface area contributed by atoms with E-state index >= 15 is 0 Å². The molecule has 3 aliphatic heterocycles. The van der Waals surface area contributed by atoms with Crippen LogP contribution < -0.4 is 4.74 Å². The van der Waals surface area contributed by atoms with E-state index in [0.29, 0.717) is 5.41 Å². The van der Waals surface area contributed by atoms with Crippen molar-refractivity contribution in [3.8, 4) is 5.75 Å². The fourth-order valence-electron chi connectivity index (χ4n) is 5.31. The van der Waals surface area contributed by atoms with Crippen LogP contribution in [-0.4, -0.2) is 74.2 Å². The summed E-state index contributed by atoms with van der Waals surface area (Å²) in [6.45, 7) is 11.4. The Hall–Kier alpha value is -1.10. The number of hydrogen-bond donors (Lipinski definition) is 0. The van der Waals surface area contributed by atoms with Crippen molar-refractivity contribution in [2.24, 2.45) is 5.41 Å². The molecule has 0 N–H and O–H groups in total. The van der Waals surface area contributed by atoms with Crippen LogP contribution >= 0.6 is 0 Å². The van der Waals surface area contributed by atoms with Crippen molar-refractivity contribution >= 4 is 0 Å². The van der Waals surface area contributed by atoms with Gasteiger partial charge in [0.05, 0.1) is 7.11 Å². The number of hydrogen-bond acceptors (Lipinski definition) is 4. The fourth-order valence-corrected chi connectivity index (χ4v) is 5.31. The van der Waals surface area contributed by atoms with E-state index in [-0.39, 0.29) is 0 Å². The van der Waals surface area contributed by atoms with Gasteiger partial charge in [-0.25, -0.2) is 0 Å². The van der Waals surface area contributed by atoms with Gasteiger partial charge in [0.2, 0.25) is 0 Å². The molecule has 3 heterocycles. The highest BCUT2D eigenvalue weighted by Gasteiger charge is 2.41. The minimum Gasteiger partial charge on any atom is -0.497 e. The molecule has 1 spiro atoms. The average molecular weight is 358 g/mol. The second-order valence-corrected chi connectivity index (χ2v) is 8.74. The van der Waals surface area contributed by atoms with Crippen molar-refractivity contribution in [3.05, 3.63) is 29.8 Å². The van der Waals surface area contributed by atoms with Gasteiger partial charge in [-0.2, -0.15) is 0 Å². The lowest BCUT2D eigenvalue weighted by Gasteiger charge is -2.40. The van der Waals surface area contributed by atoms with E-state index in [1.807, 2.05) is 6.07 Å². The zero-order valence-electron chi connectivity index (χ0n) is 16.5. The summed E-state index contributed by atoms with van der Waals surface area (Å²) in [4.78, 5) is 8.08. The number of nitrogens with zero attached hydrogens (tertiary/aromatic N) is 3. The average Bonchev–Trinajstić information content (AvgIpc) is 3.31. The quantitative estimate of drug-likeness (QED) is 0.779. The molecule has 1 aromatic rings. The third-order valence-electron chi connectivity index (χ3n) is 6.73. The summed E-state index contributed by atoms with van der Waals surface area (Å²) in [5.41, 5.74) is 1.92. The molecule has 144 valence electrons. The van der Waals surface area contributed by atoms with Gasteiger partial charge < -0.3 is 14.5 Å². The molecule has 1 aromatic carbocycles. The molecule has 0 aliphatic carbocycles. The molecule has 3 fully saturated rings. The molecule has 4 nitrogen and oxygen atoms in total. The predicted octanol–water partition coefficient (Wildman–Crippen LogP) is 3.08. The van der Waals surface area contributed by atoms with E-state index in [0.717, 1.165) is 12.3 Å². The van der Waals surface area contributed by atoms with Crippen LogP contribution in [0.5, 0.6) is 5.75 Å². The third-order valence-corrected chi connectivity index (χ3v) is 6.73. The highest BCUT2D eigenvalue weighted by Crippen LogP contribution is 2.39. The molecule has 26 heavy (non-hydrogen) atoms. The van der Waals surface area contributed by atoms with Crippen molar-refractivity contribution in [1.29, 1.82) is 0 Å². The molecule has 3 saturated heterocycles. The van der Waals surface area contributed by atoms with E-state index in [9.17, 15) is 0 Å². The van der Waals surface area contributed by atoms with Gasteiger partial charge >= 0.3 is 0 Å². The van der Waals surface area contributed by atoms with E-state index in [4.69, 9.17) is 4.74 Å². The standard InChI is InChI=1S/C22H35N3O/c1-26-21-7-4-6-20(16-21)17-25-12-5-8-22(19-25)9-13-24(18-22)15-14-23-10-2-3-11-23/h4,6-7,16H,2-3,5,8-15,17-19H2,1H3/t22-/m0/s1. The van der Waals surface area contributed by atoms with E-state index in [2.05, 4.69) is 32.9 Å². The van der Waals surface area contributed by atoms with Gasteiger partial charge in [0.15, 0.2) is 0 Å². The predicted molar refractivity (Wildman–Crippen MR) is 107 cm³/mol. The van der Waals surface area contributed by atoms with Gasteiger partial charge in [-0.05, 0) is 81.4 Å². The van der Waals surface area contributed by atoms with Crippen LogP contribution in [0.15, 0.2) is 24.3 Å². The summed E-state index contributed by atoms with van der Waals surface area (Å²) in [6.07, 6.45) is 6.97. The van der Waals surface area contributed by atoms with Crippen molar-refractivity contribution in [2.75, 3.05) is 59.5 Å². The van der Waals surface area contributed by atoms with Crippen LogP contribution in [0.3, 0.4) is 0 Å². The Morgan fingerprint density at radius 1 is 0.885 bits per heavy atom. The van der Waals surface area contributed by atoms with Gasteiger partial charge in [0.1, 0.15) is 5.75 Å². The highest BCUT2D eigenvalue weighted by molar-refractivity contribution is 5.28. The summed E-state index contributed by atoms with van der Waals surface area (Å²) in [5, 5.41) is 0. The Labute approximate surface area is 159 Å². The molecule has 4 rings (SSSR count). The lowest BCUT2D eigenvalue weighted by atomic mass is 9.79. The molecule has 0 amide bonds. The molecule has 0 saturated carbocycles. The Kier molecular flexibility index (Phi) is 5.82. The Morgan fingerprint density at radius 3 is 2.50 bits per heavy atom. The smallest absolute Gasteiger partial charge is 0.119 e. The first-order valence-electron chi connectivity index (χ1n) is 10.5. The number of piperidine rings is 1. The topological polar surface area (TPSA) is 19.0 Å². The maximum Gasteiger partial charge on any atom is 0.119 e. The van der Waals surface area contributed by atoms with Crippen LogP contribution in [0.2, 0.25) is 0 Å². The maximum absolute atomic E-state index is 5.39. The van der Waals surface area contributed by atoms with Crippen molar-refractivity contribution < 1.29 is 4.74 Å². The Morgan fingerprint density at radius 2 is 1.65 bits per heavy atom. The van der Waals surface area contributed by atoms with Crippen molar-refractivity contribution in [2.45, 2.75) is 38.6 Å². The van der Waals surface area contributed by atoms with Crippen LogP contribution in [0.1, 0.15) is 37.7 Å². The van der Waals surface area contributed by atoms with Crippen molar-refractivity contribution in [3.63, 3.8) is 0 Å². The first-order valence-corrected chi connectivity index (χ1v) is 10.5. The second kappa shape index (κ2) is 8.28. The van der Waals surface area contributed by atoms with Crippen LogP contribution in [-0.2, 0) is 6.54 Å². The van der Waals surface area contributed by atoms with Crippen LogP contribution in [0, 0.1) is 5.41 Å². The summed E-state index contributed by atoms with van der Waals surface area (Å²) < 4.78 is 5.39. The lowest BCUT2D eigenvalue weighted by molar-refractivity contribution is 0.0862. The molecular weight excluding hydrogens is 322 g/mol. The largest absolute Gasteiger partial charge is 0.497 e. The molecule has 3 aliphatic rings. The molecule has 0 unspecified atom stereocenters. The van der Waals surface area contributed by atoms with Gasteiger partial charge in [-0.15, -0.1) is 0 Å². The highest BCUT2D eigenvalue weighted by atomic mass is 16.5.